The Bertz CT molecular complexity index is 59.1. The molecule has 0 saturated carbocycles. The van der Waals surface area contributed by atoms with Crippen molar-refractivity contribution in [1.82, 2.24) is 4.81 Å². The molecule has 7 heavy (non-hydrogen) atoms. The van der Waals surface area contributed by atoms with Crippen molar-refractivity contribution < 1.29 is 0 Å². The predicted octanol–water partition coefficient (Wildman–Crippen LogP) is 0.412. The lowest BCUT2D eigenvalue weighted by atomic mass is 9.94. The molecule has 1 saturated heterocycles. The molecule has 1 nitrogen and oxygen atoms in total. The fraction of sp³-hybridized carbons (Fsp3) is 1.00. The molecule has 1 aliphatic rings. The average Bonchev–Trinajstić information content (AvgIpc) is 1.58. The molecule has 0 spiro atoms. The molecule has 1 heterocycles. The van der Waals surface area contributed by atoms with Crippen LogP contribution >= 0.6 is 0 Å². The van der Waals surface area contributed by atoms with Gasteiger partial charge in [-0.2, -0.15) is 0 Å². The first kappa shape index (κ1) is 5.17. The SMILES string of the molecule is [B]N1CC(CC)C1. The van der Waals surface area contributed by atoms with Gasteiger partial charge in [-0.3, -0.25) is 0 Å². The third kappa shape index (κ3) is 0.971. The Labute approximate surface area is 46.1 Å². The largest absolute Gasteiger partial charge is 0.353 e. The van der Waals surface area contributed by atoms with E-state index in [9.17, 15) is 0 Å². The highest BCUT2D eigenvalue weighted by Crippen LogP contribution is 2.14. The summed E-state index contributed by atoms with van der Waals surface area (Å²) >= 11 is 0. The Hall–Kier alpha value is 0.0249. The summed E-state index contributed by atoms with van der Waals surface area (Å²) in [4.78, 5) is 1.86. The fourth-order valence-corrected chi connectivity index (χ4v) is 0.868. The zero-order chi connectivity index (χ0) is 5.28. The molecule has 0 N–H and O–H groups in total. The van der Waals surface area contributed by atoms with Crippen molar-refractivity contribution in [3.05, 3.63) is 0 Å². The van der Waals surface area contributed by atoms with E-state index < -0.39 is 0 Å². The van der Waals surface area contributed by atoms with Crippen LogP contribution < -0.4 is 0 Å². The standard InChI is InChI=1S/C5H10BN/c1-2-5-3-7(6)4-5/h5H,2-4H2,1H3. The van der Waals surface area contributed by atoms with Crippen LogP contribution in [0.2, 0.25) is 0 Å². The van der Waals surface area contributed by atoms with E-state index in [1.165, 1.54) is 6.42 Å². The van der Waals surface area contributed by atoms with Crippen molar-refractivity contribution in [3.8, 4) is 0 Å². The second-order valence-electron chi connectivity index (χ2n) is 2.23. The number of hydrogen-bond donors (Lipinski definition) is 0. The van der Waals surface area contributed by atoms with Crippen molar-refractivity contribution in [3.63, 3.8) is 0 Å². The molecule has 0 amide bonds. The monoisotopic (exact) mass is 95.1 g/mol. The van der Waals surface area contributed by atoms with Crippen LogP contribution in [-0.4, -0.2) is 25.9 Å². The maximum absolute atomic E-state index is 5.38. The van der Waals surface area contributed by atoms with Crippen LogP contribution in [0.5, 0.6) is 0 Å². The van der Waals surface area contributed by atoms with Crippen molar-refractivity contribution in [2.24, 2.45) is 5.92 Å². The number of hydrogen-bond acceptors (Lipinski definition) is 1. The summed E-state index contributed by atoms with van der Waals surface area (Å²) < 4.78 is 0. The van der Waals surface area contributed by atoms with Crippen molar-refractivity contribution in [2.75, 3.05) is 13.1 Å². The van der Waals surface area contributed by atoms with Crippen LogP contribution in [0, 0.1) is 5.92 Å². The molecule has 1 aliphatic heterocycles. The van der Waals surface area contributed by atoms with Gasteiger partial charge < -0.3 is 4.81 Å². The molecule has 2 heteroatoms. The van der Waals surface area contributed by atoms with Gasteiger partial charge in [0, 0.05) is 0 Å². The van der Waals surface area contributed by atoms with Crippen molar-refractivity contribution in [1.29, 1.82) is 0 Å². The third-order valence-electron chi connectivity index (χ3n) is 1.56. The summed E-state index contributed by atoms with van der Waals surface area (Å²) in [5.41, 5.74) is 0. The Balaban J connectivity index is 2.06. The van der Waals surface area contributed by atoms with Crippen molar-refractivity contribution >= 4 is 7.98 Å². The first-order chi connectivity index (χ1) is 3.33. The highest BCUT2D eigenvalue weighted by Gasteiger charge is 2.19. The fourth-order valence-electron chi connectivity index (χ4n) is 0.868. The first-order valence-electron chi connectivity index (χ1n) is 2.82. The summed E-state index contributed by atoms with van der Waals surface area (Å²) in [6.45, 7) is 4.42. The van der Waals surface area contributed by atoms with E-state index in [0.29, 0.717) is 0 Å². The minimum Gasteiger partial charge on any atom is -0.353 e. The van der Waals surface area contributed by atoms with Crippen LogP contribution in [0.4, 0.5) is 0 Å². The molecule has 1 rings (SSSR count). The maximum atomic E-state index is 5.38. The molecule has 0 unspecified atom stereocenters. The Kier molecular flexibility index (Phi) is 1.38. The average molecular weight is 95.0 g/mol. The summed E-state index contributed by atoms with van der Waals surface area (Å²) in [5, 5.41) is 0. The molecule has 0 aromatic heterocycles. The molecule has 0 bridgehead atoms. The summed E-state index contributed by atoms with van der Waals surface area (Å²) in [5.74, 6) is 0.894. The van der Waals surface area contributed by atoms with Gasteiger partial charge in [-0.05, 0) is 19.0 Å². The van der Waals surface area contributed by atoms with E-state index in [2.05, 4.69) is 6.92 Å². The molecule has 0 aromatic rings. The van der Waals surface area contributed by atoms with Gasteiger partial charge in [-0.1, -0.05) is 13.3 Å². The maximum Gasteiger partial charge on any atom is 0.182 e. The van der Waals surface area contributed by atoms with Gasteiger partial charge in [0.1, 0.15) is 0 Å². The molecular weight excluding hydrogens is 84.9 g/mol. The zero-order valence-corrected chi connectivity index (χ0v) is 4.72. The van der Waals surface area contributed by atoms with Crippen LogP contribution in [0.15, 0.2) is 0 Å². The van der Waals surface area contributed by atoms with Crippen molar-refractivity contribution in [2.45, 2.75) is 13.3 Å². The molecule has 1 fully saturated rings. The topological polar surface area (TPSA) is 3.24 Å². The van der Waals surface area contributed by atoms with Gasteiger partial charge in [0.15, 0.2) is 7.98 Å². The highest BCUT2D eigenvalue weighted by molar-refractivity contribution is 6.04. The Morgan fingerprint density at radius 3 is 2.43 bits per heavy atom. The van der Waals surface area contributed by atoms with Gasteiger partial charge in [-0.25, -0.2) is 0 Å². The second kappa shape index (κ2) is 1.87. The molecule has 38 valence electrons. The predicted molar refractivity (Wildman–Crippen MR) is 31.1 cm³/mol. The molecule has 0 aliphatic carbocycles. The van der Waals surface area contributed by atoms with E-state index in [0.717, 1.165) is 19.0 Å². The van der Waals surface area contributed by atoms with Gasteiger partial charge in [-0.15, -0.1) is 0 Å². The Morgan fingerprint density at radius 2 is 2.29 bits per heavy atom. The second-order valence-corrected chi connectivity index (χ2v) is 2.23. The number of nitrogens with zero attached hydrogens (tertiary/aromatic N) is 1. The lowest BCUT2D eigenvalue weighted by molar-refractivity contribution is 0.203. The summed E-state index contributed by atoms with van der Waals surface area (Å²) in [6.07, 6.45) is 1.29. The lowest BCUT2D eigenvalue weighted by Crippen LogP contribution is -2.44. The third-order valence-corrected chi connectivity index (χ3v) is 1.56. The van der Waals surface area contributed by atoms with Crippen LogP contribution in [0.3, 0.4) is 0 Å². The minimum atomic E-state index is 0.894. The van der Waals surface area contributed by atoms with E-state index in [1.54, 1.807) is 0 Å². The molecule has 0 atom stereocenters. The van der Waals surface area contributed by atoms with Crippen LogP contribution in [0.25, 0.3) is 0 Å². The van der Waals surface area contributed by atoms with Gasteiger partial charge >= 0.3 is 0 Å². The number of rotatable bonds is 1. The van der Waals surface area contributed by atoms with E-state index >= 15 is 0 Å². The smallest absolute Gasteiger partial charge is 0.182 e. The molecule has 2 radical (unpaired) electrons. The highest BCUT2D eigenvalue weighted by atomic mass is 15.1. The lowest BCUT2D eigenvalue weighted by Gasteiger charge is -2.36. The molecule has 0 aromatic carbocycles. The van der Waals surface area contributed by atoms with E-state index in [1.807, 2.05) is 4.81 Å². The van der Waals surface area contributed by atoms with Gasteiger partial charge in [0.25, 0.3) is 0 Å². The van der Waals surface area contributed by atoms with Gasteiger partial charge in [0.2, 0.25) is 0 Å². The van der Waals surface area contributed by atoms with Gasteiger partial charge in [0.05, 0.1) is 0 Å². The van der Waals surface area contributed by atoms with E-state index in [-0.39, 0.29) is 0 Å². The first-order valence-corrected chi connectivity index (χ1v) is 2.82. The van der Waals surface area contributed by atoms with E-state index in [4.69, 9.17) is 7.98 Å². The van der Waals surface area contributed by atoms with Crippen LogP contribution in [-0.2, 0) is 0 Å². The zero-order valence-electron chi connectivity index (χ0n) is 4.72. The quantitative estimate of drug-likeness (QED) is 0.426. The summed E-state index contributed by atoms with van der Waals surface area (Å²) in [7, 11) is 5.38. The van der Waals surface area contributed by atoms with Crippen LogP contribution in [0.1, 0.15) is 13.3 Å². The summed E-state index contributed by atoms with van der Waals surface area (Å²) in [6, 6.07) is 0. The molecular formula is C5H10BN. The minimum absolute atomic E-state index is 0.894. The normalized spacial score (nSPS) is 24.7. The Morgan fingerprint density at radius 1 is 1.71 bits per heavy atom.